The number of hydrogen-bond acceptors (Lipinski definition) is 6. The van der Waals surface area contributed by atoms with E-state index in [-0.39, 0.29) is 5.56 Å². The number of fused-ring (bicyclic) bond motifs is 1. The first-order chi connectivity index (χ1) is 15.1. The van der Waals surface area contributed by atoms with Gasteiger partial charge in [0.1, 0.15) is 23.3 Å². The summed E-state index contributed by atoms with van der Waals surface area (Å²) in [6.45, 7) is 6.81. The first kappa shape index (κ1) is 22.2. The molecule has 0 saturated carbocycles. The van der Waals surface area contributed by atoms with E-state index in [1.54, 1.807) is 20.0 Å². The molecule has 0 unspecified atom stereocenters. The van der Waals surface area contributed by atoms with Gasteiger partial charge in [-0.15, -0.1) is 0 Å². The number of rotatable bonds is 4. The van der Waals surface area contributed by atoms with Crippen molar-refractivity contribution in [2.75, 3.05) is 43.4 Å². The van der Waals surface area contributed by atoms with Gasteiger partial charge in [0.15, 0.2) is 0 Å². The number of halogens is 4. The highest BCUT2D eigenvalue weighted by Crippen LogP contribution is 2.35. The van der Waals surface area contributed by atoms with Crippen molar-refractivity contribution in [2.45, 2.75) is 26.1 Å². The minimum absolute atomic E-state index is 0.0856. The van der Waals surface area contributed by atoms with Crippen molar-refractivity contribution in [1.29, 1.82) is 0 Å². The van der Waals surface area contributed by atoms with Crippen molar-refractivity contribution in [3.63, 3.8) is 0 Å². The molecule has 0 amide bonds. The Balaban J connectivity index is 1.69. The largest absolute Gasteiger partial charge is 0.419 e. The molecule has 1 atom stereocenters. The summed E-state index contributed by atoms with van der Waals surface area (Å²) in [6, 6.07) is 4.41. The molecule has 0 radical (unpaired) electrons. The number of nitrogens with zero attached hydrogens (tertiary/aromatic N) is 5. The second-order valence-electron chi connectivity index (χ2n) is 8.04. The van der Waals surface area contributed by atoms with Gasteiger partial charge in [0.05, 0.1) is 23.3 Å². The summed E-state index contributed by atoms with van der Waals surface area (Å²) in [4.78, 5) is 17.8. The lowest BCUT2D eigenvalue weighted by molar-refractivity contribution is -0.140. The standard InChI is InChI=1S/C22H24F4N6/c1-13(15-5-4-6-17(20(15)23)22(24,25)26)28-21-16-11-19(32-9-7-31(3)8-10-32)27-12-18(16)29-14(2)30-21/h4-6,11-13H,7-10H2,1-3H3,(H,28,29,30)/t13-/m1/s1. The lowest BCUT2D eigenvalue weighted by Gasteiger charge is -2.33. The summed E-state index contributed by atoms with van der Waals surface area (Å²) in [5.41, 5.74) is -0.763. The summed E-state index contributed by atoms with van der Waals surface area (Å²) < 4.78 is 54.0. The van der Waals surface area contributed by atoms with Gasteiger partial charge >= 0.3 is 6.18 Å². The van der Waals surface area contributed by atoms with Crippen LogP contribution in [0.1, 0.15) is 29.9 Å². The maximum absolute atomic E-state index is 14.6. The molecule has 1 saturated heterocycles. The predicted molar refractivity (Wildman–Crippen MR) is 115 cm³/mol. The van der Waals surface area contributed by atoms with Gasteiger partial charge in [0.2, 0.25) is 0 Å². The Morgan fingerprint density at radius 2 is 1.81 bits per heavy atom. The van der Waals surface area contributed by atoms with Crippen LogP contribution in [0.3, 0.4) is 0 Å². The number of likely N-dealkylation sites (N-methyl/N-ethyl adjacent to an activating group) is 1. The van der Waals surface area contributed by atoms with Crippen molar-refractivity contribution in [2.24, 2.45) is 0 Å². The average Bonchev–Trinajstić information content (AvgIpc) is 2.73. The summed E-state index contributed by atoms with van der Waals surface area (Å²) in [5, 5.41) is 3.77. The van der Waals surface area contributed by atoms with Crippen LogP contribution in [0, 0.1) is 12.7 Å². The summed E-state index contributed by atoms with van der Waals surface area (Å²) in [5.74, 6) is 0.398. The van der Waals surface area contributed by atoms with Gasteiger partial charge in [0.25, 0.3) is 0 Å². The monoisotopic (exact) mass is 448 g/mol. The van der Waals surface area contributed by atoms with Gasteiger partial charge in [-0.3, -0.25) is 0 Å². The molecule has 4 rings (SSSR count). The highest BCUT2D eigenvalue weighted by Gasteiger charge is 2.35. The van der Waals surface area contributed by atoms with Crippen LogP contribution in [0.15, 0.2) is 30.5 Å². The first-order valence-corrected chi connectivity index (χ1v) is 10.3. The van der Waals surface area contributed by atoms with Gasteiger partial charge in [-0.2, -0.15) is 13.2 Å². The number of alkyl halides is 3. The molecule has 1 aliphatic heterocycles. The third-order valence-electron chi connectivity index (χ3n) is 5.66. The fraction of sp³-hybridized carbons (Fsp3) is 0.409. The number of aryl methyl sites for hydroxylation is 1. The second-order valence-corrected chi connectivity index (χ2v) is 8.04. The van der Waals surface area contributed by atoms with Gasteiger partial charge in [-0.05, 0) is 33.0 Å². The molecule has 3 heterocycles. The normalized spacial score (nSPS) is 16.4. The van der Waals surface area contributed by atoms with Crippen LogP contribution in [0.4, 0.5) is 29.2 Å². The number of aromatic nitrogens is 3. The Morgan fingerprint density at radius 3 is 2.50 bits per heavy atom. The SMILES string of the molecule is Cc1nc(N[C@H](C)c2cccc(C(F)(F)F)c2F)c2cc(N3CCN(C)CC3)ncc2n1. The quantitative estimate of drug-likeness (QED) is 0.597. The Morgan fingerprint density at radius 1 is 1.09 bits per heavy atom. The number of nitrogens with one attached hydrogen (secondary N) is 1. The molecule has 3 aromatic rings. The Hall–Kier alpha value is -3.01. The highest BCUT2D eigenvalue weighted by molar-refractivity contribution is 5.90. The summed E-state index contributed by atoms with van der Waals surface area (Å²) in [6.07, 6.45) is -3.10. The van der Waals surface area contributed by atoms with Gasteiger partial charge in [-0.1, -0.05) is 12.1 Å². The first-order valence-electron chi connectivity index (χ1n) is 10.3. The van der Waals surface area contributed by atoms with E-state index in [0.717, 1.165) is 38.1 Å². The van der Waals surface area contributed by atoms with E-state index < -0.39 is 23.6 Å². The van der Waals surface area contributed by atoms with Gasteiger partial charge in [-0.25, -0.2) is 19.3 Å². The van der Waals surface area contributed by atoms with Crippen LogP contribution in [0.2, 0.25) is 0 Å². The smallest absolute Gasteiger partial charge is 0.363 e. The molecule has 10 heteroatoms. The molecular formula is C22H24F4N6. The lowest BCUT2D eigenvalue weighted by atomic mass is 10.0. The lowest BCUT2D eigenvalue weighted by Crippen LogP contribution is -2.44. The molecule has 0 spiro atoms. The molecule has 1 fully saturated rings. The van der Waals surface area contributed by atoms with E-state index >= 15 is 0 Å². The maximum Gasteiger partial charge on any atom is 0.419 e. The number of pyridine rings is 1. The van der Waals surface area contributed by atoms with E-state index in [2.05, 4.69) is 37.1 Å². The summed E-state index contributed by atoms with van der Waals surface area (Å²) in [7, 11) is 2.07. The second kappa shape index (κ2) is 8.50. The maximum atomic E-state index is 14.6. The zero-order valence-electron chi connectivity index (χ0n) is 18.0. The van der Waals surface area contributed by atoms with Crippen molar-refractivity contribution in [1.82, 2.24) is 19.9 Å². The van der Waals surface area contributed by atoms with Gasteiger partial charge in [0, 0.05) is 37.1 Å². The van der Waals surface area contributed by atoms with E-state index in [9.17, 15) is 17.6 Å². The third kappa shape index (κ3) is 4.45. The zero-order chi connectivity index (χ0) is 23.0. The Labute approximate surface area is 183 Å². The molecule has 32 heavy (non-hydrogen) atoms. The number of benzene rings is 1. The van der Waals surface area contributed by atoms with Crippen LogP contribution in [-0.4, -0.2) is 53.1 Å². The van der Waals surface area contributed by atoms with Crippen LogP contribution < -0.4 is 10.2 Å². The fourth-order valence-electron chi connectivity index (χ4n) is 3.84. The summed E-state index contributed by atoms with van der Waals surface area (Å²) >= 11 is 0. The minimum atomic E-state index is -4.76. The topological polar surface area (TPSA) is 57.2 Å². The molecule has 2 aromatic heterocycles. The van der Waals surface area contributed by atoms with Crippen molar-refractivity contribution < 1.29 is 17.6 Å². The van der Waals surface area contributed by atoms with Crippen LogP contribution in [-0.2, 0) is 6.18 Å². The Bertz CT molecular complexity index is 1130. The van der Waals surface area contributed by atoms with Crippen molar-refractivity contribution in [3.05, 3.63) is 53.2 Å². The average molecular weight is 448 g/mol. The minimum Gasteiger partial charge on any atom is -0.363 e. The molecule has 170 valence electrons. The van der Waals surface area contributed by atoms with Crippen LogP contribution in [0.25, 0.3) is 10.9 Å². The van der Waals surface area contributed by atoms with Gasteiger partial charge < -0.3 is 15.1 Å². The van der Waals surface area contributed by atoms with E-state index in [1.807, 2.05) is 6.07 Å². The Kier molecular flexibility index (Phi) is 5.89. The van der Waals surface area contributed by atoms with E-state index in [1.165, 1.54) is 12.1 Å². The van der Waals surface area contributed by atoms with E-state index in [0.29, 0.717) is 22.5 Å². The molecule has 0 aliphatic carbocycles. The molecule has 1 aliphatic rings. The fourth-order valence-corrected chi connectivity index (χ4v) is 3.84. The van der Waals surface area contributed by atoms with Crippen molar-refractivity contribution >= 4 is 22.5 Å². The van der Waals surface area contributed by atoms with Crippen LogP contribution in [0.5, 0.6) is 0 Å². The molecule has 1 aromatic carbocycles. The van der Waals surface area contributed by atoms with E-state index in [4.69, 9.17) is 0 Å². The molecule has 6 nitrogen and oxygen atoms in total. The predicted octanol–water partition coefficient (Wildman–Crippen LogP) is 4.42. The number of anilines is 2. The highest BCUT2D eigenvalue weighted by atomic mass is 19.4. The zero-order valence-corrected chi connectivity index (χ0v) is 18.0. The molecule has 1 N–H and O–H groups in total. The van der Waals surface area contributed by atoms with Crippen molar-refractivity contribution in [3.8, 4) is 0 Å². The molecule has 0 bridgehead atoms. The number of hydrogen-bond donors (Lipinski definition) is 1. The molecular weight excluding hydrogens is 424 g/mol. The van der Waals surface area contributed by atoms with Crippen LogP contribution >= 0.6 is 0 Å². The third-order valence-corrected chi connectivity index (χ3v) is 5.66. The number of piperazine rings is 1.